The number of hydrogen-bond acceptors (Lipinski definition) is 4. The van der Waals surface area contributed by atoms with E-state index in [1.54, 1.807) is 12.1 Å². The molecule has 0 atom stereocenters. The van der Waals surface area contributed by atoms with Gasteiger partial charge in [0.15, 0.2) is 0 Å². The number of benzene rings is 3. The minimum absolute atomic E-state index is 0.316. The average molecular weight is 371 g/mol. The molecule has 0 aromatic heterocycles. The zero-order valence-electron chi connectivity index (χ0n) is 15.9. The molecule has 0 aliphatic heterocycles. The molecule has 0 fully saturated rings. The van der Waals surface area contributed by atoms with Gasteiger partial charge in [-0.25, -0.2) is 0 Å². The molecular formula is C24H21NO3. The molecule has 3 aromatic rings. The first kappa shape index (κ1) is 19.1. The molecule has 0 aliphatic carbocycles. The Morgan fingerprint density at radius 2 is 1.32 bits per heavy atom. The van der Waals surface area contributed by atoms with Crippen molar-refractivity contribution in [1.29, 1.82) is 0 Å². The van der Waals surface area contributed by atoms with Crippen LogP contribution in [0.3, 0.4) is 0 Å². The average Bonchev–Trinajstić information content (AvgIpc) is 2.70. The van der Waals surface area contributed by atoms with Crippen molar-refractivity contribution in [2.75, 3.05) is 4.90 Å². The van der Waals surface area contributed by atoms with Crippen LogP contribution in [0.1, 0.15) is 28.4 Å². The van der Waals surface area contributed by atoms with E-state index in [1.165, 1.54) is 12.5 Å². The molecule has 4 heteroatoms. The smallest absolute Gasteiger partial charge is 0.308 e. The van der Waals surface area contributed by atoms with Crippen LogP contribution < -0.4 is 4.90 Å². The lowest BCUT2D eigenvalue weighted by Gasteiger charge is -2.26. The lowest BCUT2D eigenvalue weighted by molar-refractivity contribution is -0.134. The quantitative estimate of drug-likeness (QED) is 0.312. The molecule has 0 amide bonds. The van der Waals surface area contributed by atoms with Crippen molar-refractivity contribution >= 4 is 35.1 Å². The van der Waals surface area contributed by atoms with Crippen molar-refractivity contribution in [3.8, 4) is 0 Å². The summed E-state index contributed by atoms with van der Waals surface area (Å²) in [4.78, 5) is 24.2. The lowest BCUT2D eigenvalue weighted by atomic mass is 10.1. The van der Waals surface area contributed by atoms with Crippen LogP contribution in [0.15, 0.2) is 79.4 Å². The van der Waals surface area contributed by atoms with Crippen molar-refractivity contribution in [3.63, 3.8) is 0 Å². The van der Waals surface area contributed by atoms with E-state index in [1.807, 2.05) is 43.3 Å². The predicted molar refractivity (Wildman–Crippen MR) is 112 cm³/mol. The van der Waals surface area contributed by atoms with Gasteiger partial charge in [0.1, 0.15) is 12.0 Å². The van der Waals surface area contributed by atoms with Gasteiger partial charge in [0.05, 0.1) is 0 Å². The SMILES string of the molecule is C=C(OC(C)=O)c1ccc(N(c2ccc(C)cc2)c2ccc(C=O)cc2)cc1. The molecule has 0 saturated carbocycles. The molecule has 3 aromatic carbocycles. The number of carbonyl (C=O) groups excluding carboxylic acids is 2. The van der Waals surface area contributed by atoms with Crippen LogP contribution in [0.4, 0.5) is 17.1 Å². The summed E-state index contributed by atoms with van der Waals surface area (Å²) in [7, 11) is 0. The van der Waals surface area contributed by atoms with Crippen LogP contribution in [-0.4, -0.2) is 12.3 Å². The zero-order chi connectivity index (χ0) is 20.1. The van der Waals surface area contributed by atoms with E-state index in [9.17, 15) is 9.59 Å². The molecule has 3 rings (SSSR count). The fraction of sp³-hybridized carbons (Fsp3) is 0.0833. The summed E-state index contributed by atoms with van der Waals surface area (Å²) in [6, 6.07) is 23.2. The first-order valence-electron chi connectivity index (χ1n) is 8.88. The molecule has 0 spiro atoms. The monoisotopic (exact) mass is 371 g/mol. The van der Waals surface area contributed by atoms with Crippen LogP contribution >= 0.6 is 0 Å². The predicted octanol–water partition coefficient (Wildman–Crippen LogP) is 5.81. The van der Waals surface area contributed by atoms with Gasteiger partial charge in [0.2, 0.25) is 0 Å². The molecule has 28 heavy (non-hydrogen) atoms. The first-order valence-corrected chi connectivity index (χ1v) is 8.88. The molecule has 0 bridgehead atoms. The summed E-state index contributed by atoms with van der Waals surface area (Å²) < 4.78 is 5.06. The van der Waals surface area contributed by atoms with Crippen LogP contribution in [0.2, 0.25) is 0 Å². The van der Waals surface area contributed by atoms with Gasteiger partial charge < -0.3 is 9.64 Å². The summed E-state index contributed by atoms with van der Waals surface area (Å²) in [6.45, 7) is 7.19. The Bertz CT molecular complexity index is 988. The van der Waals surface area contributed by atoms with Crippen molar-refractivity contribution in [1.82, 2.24) is 0 Å². The van der Waals surface area contributed by atoms with E-state index in [-0.39, 0.29) is 0 Å². The van der Waals surface area contributed by atoms with Crippen LogP contribution in [-0.2, 0) is 9.53 Å². The molecule has 0 N–H and O–H groups in total. The highest BCUT2D eigenvalue weighted by molar-refractivity contribution is 5.81. The van der Waals surface area contributed by atoms with Gasteiger partial charge in [-0.1, -0.05) is 24.3 Å². The Labute approximate surface area is 164 Å². The van der Waals surface area contributed by atoms with Crippen LogP contribution in [0.25, 0.3) is 5.76 Å². The summed E-state index contributed by atoms with van der Waals surface area (Å²) in [5, 5.41) is 0. The highest BCUT2D eigenvalue weighted by Gasteiger charge is 2.13. The summed E-state index contributed by atoms with van der Waals surface area (Å²) in [5.74, 6) is -0.0816. The maximum Gasteiger partial charge on any atom is 0.308 e. The van der Waals surface area contributed by atoms with Gasteiger partial charge in [0, 0.05) is 35.1 Å². The normalized spacial score (nSPS) is 10.2. The van der Waals surface area contributed by atoms with Crippen molar-refractivity contribution in [2.45, 2.75) is 13.8 Å². The topological polar surface area (TPSA) is 46.6 Å². The summed E-state index contributed by atoms with van der Waals surface area (Å²) in [6.07, 6.45) is 0.829. The second-order valence-electron chi connectivity index (χ2n) is 6.44. The standard InChI is InChI=1S/C24H21NO3/c1-17-4-10-22(11-5-17)25(23-12-6-20(16-26)7-13-23)24-14-8-21(9-15-24)18(2)28-19(3)27/h4-16H,2H2,1,3H3. The van der Waals surface area contributed by atoms with Crippen molar-refractivity contribution in [2.24, 2.45) is 0 Å². The molecular weight excluding hydrogens is 350 g/mol. The van der Waals surface area contributed by atoms with Crippen molar-refractivity contribution in [3.05, 3.63) is 96.1 Å². The first-order chi connectivity index (χ1) is 13.5. The Morgan fingerprint density at radius 1 is 0.857 bits per heavy atom. The minimum Gasteiger partial charge on any atom is -0.427 e. The number of aldehydes is 1. The molecule has 0 aliphatic rings. The molecule has 4 nitrogen and oxygen atoms in total. The second-order valence-corrected chi connectivity index (χ2v) is 6.44. The molecule has 0 heterocycles. The third kappa shape index (κ3) is 4.35. The third-order valence-corrected chi connectivity index (χ3v) is 4.29. The van der Waals surface area contributed by atoms with E-state index in [2.05, 4.69) is 35.7 Å². The molecule has 140 valence electrons. The number of anilines is 3. The number of carbonyl (C=O) groups is 2. The van der Waals surface area contributed by atoms with Crippen LogP contribution in [0, 0.1) is 6.92 Å². The minimum atomic E-state index is -0.398. The van der Waals surface area contributed by atoms with Gasteiger partial charge >= 0.3 is 5.97 Å². The molecule has 0 unspecified atom stereocenters. The van der Waals surface area contributed by atoms with E-state index in [0.717, 1.165) is 28.9 Å². The highest BCUT2D eigenvalue weighted by Crippen LogP contribution is 2.35. The van der Waals surface area contributed by atoms with E-state index < -0.39 is 5.97 Å². The van der Waals surface area contributed by atoms with Gasteiger partial charge in [-0.05, 0) is 67.6 Å². The fourth-order valence-corrected chi connectivity index (χ4v) is 2.87. The van der Waals surface area contributed by atoms with Gasteiger partial charge in [-0.3, -0.25) is 9.59 Å². The number of rotatable bonds is 6. The van der Waals surface area contributed by atoms with Gasteiger partial charge in [0.25, 0.3) is 0 Å². The van der Waals surface area contributed by atoms with Crippen LogP contribution in [0.5, 0.6) is 0 Å². The number of aryl methyl sites for hydroxylation is 1. The maximum atomic E-state index is 11.1. The Kier molecular flexibility index (Phi) is 5.70. The third-order valence-electron chi connectivity index (χ3n) is 4.29. The van der Waals surface area contributed by atoms with Gasteiger partial charge in [-0.15, -0.1) is 0 Å². The number of hydrogen-bond donors (Lipinski definition) is 0. The number of nitrogens with zero attached hydrogens (tertiary/aromatic N) is 1. The summed E-state index contributed by atoms with van der Waals surface area (Å²) in [5.41, 5.74) is 5.40. The van der Waals surface area contributed by atoms with E-state index >= 15 is 0 Å². The number of ether oxygens (including phenoxy) is 1. The van der Waals surface area contributed by atoms with E-state index in [4.69, 9.17) is 4.74 Å². The molecule has 0 radical (unpaired) electrons. The van der Waals surface area contributed by atoms with Crippen molar-refractivity contribution < 1.29 is 14.3 Å². The van der Waals surface area contributed by atoms with E-state index in [0.29, 0.717) is 11.3 Å². The largest absolute Gasteiger partial charge is 0.427 e. The zero-order valence-corrected chi connectivity index (χ0v) is 15.9. The lowest BCUT2D eigenvalue weighted by Crippen LogP contribution is -2.10. The Hall–Kier alpha value is -3.66. The molecule has 0 saturated heterocycles. The second kappa shape index (κ2) is 8.35. The Morgan fingerprint density at radius 3 is 1.79 bits per heavy atom. The fourth-order valence-electron chi connectivity index (χ4n) is 2.87. The number of esters is 1. The van der Waals surface area contributed by atoms with Gasteiger partial charge in [-0.2, -0.15) is 0 Å². The maximum absolute atomic E-state index is 11.1. The summed E-state index contributed by atoms with van der Waals surface area (Å²) >= 11 is 0. The Balaban J connectivity index is 2.00. The highest BCUT2D eigenvalue weighted by atomic mass is 16.5.